The number of hydrogen-bond acceptors (Lipinski definition) is 3. The molecule has 8 heteroatoms. The van der Waals surface area contributed by atoms with Gasteiger partial charge in [-0.05, 0) is 61.6 Å². The lowest BCUT2D eigenvalue weighted by molar-refractivity contribution is 0.0858. The van der Waals surface area contributed by atoms with Gasteiger partial charge < -0.3 is 4.57 Å². The molecule has 3 aromatic rings. The van der Waals surface area contributed by atoms with Crippen molar-refractivity contribution in [3.05, 3.63) is 63.9 Å². The highest BCUT2D eigenvalue weighted by molar-refractivity contribution is 7.77. The molecule has 1 unspecified atom stereocenters. The van der Waals surface area contributed by atoms with Crippen molar-refractivity contribution in [1.29, 1.82) is 0 Å². The molecule has 6 nitrogen and oxygen atoms in total. The number of imidazole rings is 1. The Bertz CT molecular complexity index is 1190. The van der Waals surface area contributed by atoms with Crippen LogP contribution < -0.4 is 0 Å². The summed E-state index contributed by atoms with van der Waals surface area (Å²) in [6.45, 7) is 6.98. The van der Waals surface area contributed by atoms with Gasteiger partial charge in [0.1, 0.15) is 5.82 Å². The standard InChI is InChI=1S/C28H38ClN3O3S/c1-4-6-8-9-10-12-22-13-14-24(25(29)18-22)20-31-21(3)30-26-16-15-23(19-27(26)31)28(33)32(36(34)35)17-11-7-5-2/h13-16,18-19H,4-12,17,20H2,1-3H3,(H,34,35). The molecule has 1 N–H and O–H groups in total. The summed E-state index contributed by atoms with van der Waals surface area (Å²) in [4.78, 5) is 17.7. The van der Waals surface area contributed by atoms with Crippen LogP contribution >= 0.6 is 11.6 Å². The van der Waals surface area contributed by atoms with Crippen LogP contribution in [0.5, 0.6) is 0 Å². The molecule has 0 aliphatic rings. The van der Waals surface area contributed by atoms with E-state index in [0.29, 0.717) is 18.5 Å². The Hall–Kier alpha value is -2.22. The van der Waals surface area contributed by atoms with Crippen LogP contribution in [0, 0.1) is 6.92 Å². The Morgan fingerprint density at radius 3 is 2.44 bits per heavy atom. The zero-order valence-corrected chi connectivity index (χ0v) is 23.2. The van der Waals surface area contributed by atoms with Crippen molar-refractivity contribution in [3.63, 3.8) is 0 Å². The first kappa shape index (κ1) is 28.4. The van der Waals surface area contributed by atoms with Crippen molar-refractivity contribution in [1.82, 2.24) is 13.9 Å². The van der Waals surface area contributed by atoms with Crippen LogP contribution in [0.25, 0.3) is 11.0 Å². The molecular formula is C28H38ClN3O3S. The summed E-state index contributed by atoms with van der Waals surface area (Å²) in [5.41, 5.74) is 4.17. The normalized spacial score (nSPS) is 12.2. The predicted octanol–water partition coefficient (Wildman–Crippen LogP) is 7.33. The molecular weight excluding hydrogens is 494 g/mol. The van der Waals surface area contributed by atoms with Gasteiger partial charge in [0.05, 0.1) is 17.6 Å². The van der Waals surface area contributed by atoms with Gasteiger partial charge in [-0.25, -0.2) is 13.5 Å². The molecule has 0 fully saturated rings. The largest absolute Gasteiger partial charge is 0.324 e. The smallest absolute Gasteiger partial charge is 0.267 e. The summed E-state index contributed by atoms with van der Waals surface area (Å²) in [5.74, 6) is 0.358. The quantitative estimate of drug-likeness (QED) is 0.174. The number of halogens is 1. The Balaban J connectivity index is 1.79. The van der Waals surface area contributed by atoms with Crippen molar-refractivity contribution >= 4 is 39.8 Å². The van der Waals surface area contributed by atoms with Gasteiger partial charge in [0.2, 0.25) is 0 Å². The summed E-state index contributed by atoms with van der Waals surface area (Å²) in [6, 6.07) is 11.5. The molecule has 1 atom stereocenters. The maximum atomic E-state index is 13.1. The molecule has 196 valence electrons. The number of fused-ring (bicyclic) bond motifs is 1. The highest BCUT2D eigenvalue weighted by atomic mass is 35.5. The maximum absolute atomic E-state index is 13.1. The second kappa shape index (κ2) is 13.9. The lowest BCUT2D eigenvalue weighted by Gasteiger charge is -2.18. The highest BCUT2D eigenvalue weighted by Crippen LogP contribution is 2.25. The number of nitrogens with zero attached hydrogens (tertiary/aromatic N) is 3. The van der Waals surface area contributed by atoms with Crippen LogP contribution in [0.1, 0.15) is 92.5 Å². The maximum Gasteiger partial charge on any atom is 0.267 e. The monoisotopic (exact) mass is 531 g/mol. The lowest BCUT2D eigenvalue weighted by atomic mass is 10.0. The topological polar surface area (TPSA) is 75.4 Å². The molecule has 1 aromatic heterocycles. The fourth-order valence-corrected chi connectivity index (χ4v) is 5.25. The number of aryl methyl sites for hydroxylation is 2. The molecule has 0 aliphatic carbocycles. The SMILES string of the molecule is CCCCCCCc1ccc(Cn2c(C)nc3ccc(C(=O)N(CCCCC)S(=O)O)cc32)c(Cl)c1. The van der Waals surface area contributed by atoms with Gasteiger partial charge in [-0.2, -0.15) is 0 Å². The first-order chi connectivity index (χ1) is 17.3. The molecule has 0 bridgehead atoms. The zero-order valence-electron chi connectivity index (χ0n) is 21.6. The van der Waals surface area contributed by atoms with Crippen molar-refractivity contribution < 1.29 is 13.6 Å². The molecule has 0 radical (unpaired) electrons. The minimum absolute atomic E-state index is 0.243. The molecule has 0 saturated heterocycles. The van der Waals surface area contributed by atoms with E-state index in [0.717, 1.165) is 51.0 Å². The van der Waals surface area contributed by atoms with E-state index in [1.165, 1.54) is 37.7 Å². The second-order valence-electron chi connectivity index (χ2n) is 9.38. The molecule has 0 spiro atoms. The highest BCUT2D eigenvalue weighted by Gasteiger charge is 2.22. The third-order valence-corrected chi connectivity index (χ3v) is 7.66. The molecule has 0 saturated carbocycles. The van der Waals surface area contributed by atoms with E-state index in [1.807, 2.05) is 18.4 Å². The molecule has 1 amide bonds. The van der Waals surface area contributed by atoms with Gasteiger partial charge in [0, 0.05) is 17.1 Å². The molecule has 2 aromatic carbocycles. The summed E-state index contributed by atoms with van der Waals surface area (Å²) >= 11 is 4.31. The fraction of sp³-hybridized carbons (Fsp3) is 0.500. The van der Waals surface area contributed by atoms with Crippen LogP contribution in [0.3, 0.4) is 0 Å². The van der Waals surface area contributed by atoms with Crippen LogP contribution in [0.2, 0.25) is 5.02 Å². The first-order valence-corrected chi connectivity index (χ1v) is 14.5. The minimum Gasteiger partial charge on any atom is -0.324 e. The molecule has 0 aliphatic heterocycles. The van der Waals surface area contributed by atoms with Gasteiger partial charge in [-0.15, -0.1) is 0 Å². The number of rotatable bonds is 14. The summed E-state index contributed by atoms with van der Waals surface area (Å²) in [7, 11) is 0. The number of unbranched alkanes of at least 4 members (excludes halogenated alkanes) is 6. The number of benzene rings is 2. The fourth-order valence-electron chi connectivity index (χ4n) is 4.45. The average Bonchev–Trinajstić information content (AvgIpc) is 3.16. The molecule has 3 rings (SSSR count). The first-order valence-electron chi connectivity index (χ1n) is 13.0. The number of hydrogen-bond donors (Lipinski definition) is 1. The number of aromatic nitrogens is 2. The van der Waals surface area contributed by atoms with E-state index in [1.54, 1.807) is 18.2 Å². The molecule has 1 heterocycles. The van der Waals surface area contributed by atoms with Crippen molar-refractivity contribution in [2.24, 2.45) is 0 Å². The van der Waals surface area contributed by atoms with Crippen LogP contribution in [-0.2, 0) is 24.2 Å². The van der Waals surface area contributed by atoms with Crippen molar-refractivity contribution in [3.8, 4) is 0 Å². The minimum atomic E-state index is -2.37. The van der Waals surface area contributed by atoms with Crippen molar-refractivity contribution in [2.45, 2.75) is 85.1 Å². The summed E-state index contributed by atoms with van der Waals surface area (Å²) < 4.78 is 24.6. The van der Waals surface area contributed by atoms with E-state index >= 15 is 0 Å². The van der Waals surface area contributed by atoms with E-state index < -0.39 is 17.2 Å². The van der Waals surface area contributed by atoms with Crippen LogP contribution in [0.15, 0.2) is 36.4 Å². The van der Waals surface area contributed by atoms with Gasteiger partial charge in [0.15, 0.2) is 0 Å². The Kier molecular flexibility index (Phi) is 11.0. The van der Waals surface area contributed by atoms with Gasteiger partial charge in [-0.1, -0.05) is 76.1 Å². The molecule has 36 heavy (non-hydrogen) atoms. The number of amides is 1. The second-order valence-corrected chi connectivity index (χ2v) is 10.7. The summed E-state index contributed by atoms with van der Waals surface area (Å²) in [5, 5.41) is 0.729. The van der Waals surface area contributed by atoms with Crippen LogP contribution in [-0.4, -0.2) is 35.1 Å². The third kappa shape index (κ3) is 7.40. The van der Waals surface area contributed by atoms with Crippen molar-refractivity contribution in [2.75, 3.05) is 6.54 Å². The zero-order chi connectivity index (χ0) is 26.1. The Morgan fingerprint density at radius 2 is 1.75 bits per heavy atom. The summed E-state index contributed by atoms with van der Waals surface area (Å²) in [6.07, 6.45) is 9.81. The predicted molar refractivity (Wildman–Crippen MR) is 149 cm³/mol. The lowest BCUT2D eigenvalue weighted by Crippen LogP contribution is -2.33. The number of carbonyl (C=O) groups is 1. The Labute approximate surface area is 222 Å². The van der Waals surface area contributed by atoms with Gasteiger partial charge in [-0.3, -0.25) is 9.35 Å². The average molecular weight is 532 g/mol. The van der Waals surface area contributed by atoms with E-state index in [-0.39, 0.29) is 6.54 Å². The van der Waals surface area contributed by atoms with Gasteiger partial charge >= 0.3 is 0 Å². The van der Waals surface area contributed by atoms with E-state index in [9.17, 15) is 13.6 Å². The van der Waals surface area contributed by atoms with E-state index in [2.05, 4.69) is 30.1 Å². The van der Waals surface area contributed by atoms with Gasteiger partial charge in [0.25, 0.3) is 17.2 Å². The van der Waals surface area contributed by atoms with E-state index in [4.69, 9.17) is 11.6 Å². The third-order valence-electron chi connectivity index (χ3n) is 6.58. The van der Waals surface area contributed by atoms with Crippen LogP contribution in [0.4, 0.5) is 0 Å². The Morgan fingerprint density at radius 1 is 1.03 bits per heavy atom. The number of carbonyl (C=O) groups excluding carboxylic acids is 1.